The van der Waals surface area contributed by atoms with Gasteiger partial charge in [0.1, 0.15) is 5.82 Å². The lowest BCUT2D eigenvalue weighted by molar-refractivity contribution is -0.144. The number of halogens is 1. The molecule has 1 saturated heterocycles. The molecule has 0 spiro atoms. The van der Waals surface area contributed by atoms with Crippen molar-refractivity contribution in [3.8, 4) is 0 Å². The Morgan fingerprint density at radius 1 is 1.50 bits per heavy atom. The summed E-state index contributed by atoms with van der Waals surface area (Å²) in [5.74, 6) is -0.101. The number of carbonyl (C=O) groups is 1. The van der Waals surface area contributed by atoms with Crippen molar-refractivity contribution in [3.05, 3.63) is 29.0 Å². The Balaban J connectivity index is 1.64. The van der Waals surface area contributed by atoms with Gasteiger partial charge in [-0.15, -0.1) is 0 Å². The molecule has 1 fully saturated rings. The first-order valence-corrected chi connectivity index (χ1v) is 8.56. The van der Waals surface area contributed by atoms with E-state index in [1.165, 1.54) is 0 Å². The molecule has 0 saturated carbocycles. The second-order valence-corrected chi connectivity index (χ2v) is 6.68. The molecule has 1 aliphatic rings. The molecule has 130 valence electrons. The first kappa shape index (κ1) is 17.2. The van der Waals surface area contributed by atoms with Crippen molar-refractivity contribution in [2.24, 2.45) is 18.9 Å². The summed E-state index contributed by atoms with van der Waals surface area (Å²) in [6.07, 6.45) is 1.62. The Morgan fingerprint density at radius 3 is 2.96 bits per heavy atom. The molecule has 0 aliphatic carbocycles. The number of aryl methyl sites for hydroxylation is 1. The largest absolute Gasteiger partial charge is 0.481 e. The lowest BCUT2D eigenvalue weighted by atomic mass is 9.86. The van der Waals surface area contributed by atoms with Crippen molar-refractivity contribution >= 4 is 28.6 Å². The van der Waals surface area contributed by atoms with Crippen LogP contribution < -0.4 is 5.32 Å². The van der Waals surface area contributed by atoms with E-state index in [1.807, 2.05) is 29.8 Å². The van der Waals surface area contributed by atoms with Gasteiger partial charge >= 0.3 is 5.97 Å². The third-order valence-electron chi connectivity index (χ3n) is 4.74. The van der Waals surface area contributed by atoms with Crippen molar-refractivity contribution in [2.75, 3.05) is 19.8 Å². The highest BCUT2D eigenvalue weighted by Gasteiger charge is 2.29. The van der Waals surface area contributed by atoms with E-state index < -0.39 is 11.9 Å². The molecular formula is C17H22ClN3O3. The van der Waals surface area contributed by atoms with Gasteiger partial charge in [0.05, 0.1) is 23.5 Å². The number of ether oxygens (including phenoxy) is 1. The lowest BCUT2D eigenvalue weighted by Gasteiger charge is -2.27. The molecule has 0 amide bonds. The maximum absolute atomic E-state index is 11.6. The highest BCUT2D eigenvalue weighted by molar-refractivity contribution is 6.31. The van der Waals surface area contributed by atoms with Crippen LogP contribution in [0.25, 0.3) is 11.0 Å². The van der Waals surface area contributed by atoms with Gasteiger partial charge in [-0.05, 0) is 37.0 Å². The molecular weight excluding hydrogens is 330 g/mol. The quantitative estimate of drug-likeness (QED) is 0.836. The lowest BCUT2D eigenvalue weighted by Crippen LogP contribution is -2.36. The molecule has 1 aliphatic heterocycles. The molecule has 3 rings (SSSR count). The summed E-state index contributed by atoms with van der Waals surface area (Å²) in [5, 5.41) is 13.4. The Labute approximate surface area is 145 Å². The van der Waals surface area contributed by atoms with Gasteiger partial charge in [0.2, 0.25) is 0 Å². The normalized spacial score (nSPS) is 17.2. The molecule has 2 N–H and O–H groups in total. The van der Waals surface area contributed by atoms with Crippen LogP contribution in [-0.4, -0.2) is 40.4 Å². The number of benzene rings is 1. The van der Waals surface area contributed by atoms with Gasteiger partial charge in [0.25, 0.3) is 0 Å². The maximum atomic E-state index is 11.6. The predicted octanol–water partition coefficient (Wildman–Crippen LogP) is 2.44. The molecule has 2 aromatic rings. The molecule has 1 atom stereocenters. The average Bonchev–Trinajstić information content (AvgIpc) is 2.88. The van der Waals surface area contributed by atoms with Crippen LogP contribution in [0.1, 0.15) is 18.7 Å². The fourth-order valence-corrected chi connectivity index (χ4v) is 3.45. The second kappa shape index (κ2) is 7.51. The monoisotopic (exact) mass is 351 g/mol. The standard InChI is InChI=1S/C17H22ClN3O3/c1-21-15-8-12(18)2-3-14(15)20-16(21)10-19-9-13(17(22)23)11-4-6-24-7-5-11/h2-3,8,11,13,19H,4-7,9-10H2,1H3,(H,22,23). The van der Waals surface area contributed by atoms with Gasteiger partial charge in [-0.25, -0.2) is 4.98 Å². The Morgan fingerprint density at radius 2 is 2.25 bits per heavy atom. The van der Waals surface area contributed by atoms with Crippen molar-refractivity contribution < 1.29 is 14.6 Å². The number of rotatable bonds is 6. The number of carboxylic acids is 1. The summed E-state index contributed by atoms with van der Waals surface area (Å²) >= 11 is 6.03. The minimum Gasteiger partial charge on any atom is -0.481 e. The number of aromatic nitrogens is 2. The van der Waals surface area contributed by atoms with E-state index in [0.717, 1.165) is 29.7 Å². The second-order valence-electron chi connectivity index (χ2n) is 6.25. The van der Waals surface area contributed by atoms with E-state index in [9.17, 15) is 9.90 Å². The van der Waals surface area contributed by atoms with Crippen LogP contribution in [0.4, 0.5) is 0 Å². The van der Waals surface area contributed by atoms with Gasteiger partial charge in [0, 0.05) is 31.8 Å². The summed E-state index contributed by atoms with van der Waals surface area (Å²) in [7, 11) is 1.94. The first-order valence-electron chi connectivity index (χ1n) is 8.18. The highest BCUT2D eigenvalue weighted by atomic mass is 35.5. The van der Waals surface area contributed by atoms with Crippen LogP contribution in [-0.2, 0) is 23.1 Å². The Kier molecular flexibility index (Phi) is 5.38. The zero-order valence-corrected chi connectivity index (χ0v) is 14.4. The minimum absolute atomic E-state index is 0.169. The molecule has 6 nitrogen and oxygen atoms in total. The number of fused-ring (bicyclic) bond motifs is 1. The summed E-state index contributed by atoms with van der Waals surface area (Å²) in [6, 6.07) is 5.60. The molecule has 7 heteroatoms. The molecule has 0 bridgehead atoms. The summed E-state index contributed by atoms with van der Waals surface area (Å²) in [5.41, 5.74) is 1.86. The summed E-state index contributed by atoms with van der Waals surface area (Å²) < 4.78 is 7.31. The van der Waals surface area contributed by atoms with E-state index in [2.05, 4.69) is 10.3 Å². The molecule has 1 aromatic carbocycles. The molecule has 0 radical (unpaired) electrons. The Hall–Kier alpha value is -1.63. The maximum Gasteiger partial charge on any atom is 0.308 e. The first-order chi connectivity index (χ1) is 11.6. The van der Waals surface area contributed by atoms with Gasteiger partial charge in [0.15, 0.2) is 0 Å². The van der Waals surface area contributed by atoms with Crippen molar-refractivity contribution in [1.82, 2.24) is 14.9 Å². The number of aliphatic carboxylic acids is 1. The van der Waals surface area contributed by atoms with Crippen LogP contribution in [0.3, 0.4) is 0 Å². The Bertz CT molecular complexity index is 725. The number of nitrogens with zero attached hydrogens (tertiary/aromatic N) is 2. The zero-order valence-electron chi connectivity index (χ0n) is 13.7. The minimum atomic E-state index is -0.744. The number of hydrogen-bond acceptors (Lipinski definition) is 4. The number of carboxylic acid groups (broad SMARTS) is 1. The number of nitrogens with one attached hydrogen (secondary N) is 1. The zero-order chi connectivity index (χ0) is 17.1. The van der Waals surface area contributed by atoms with Gasteiger partial charge in [-0.2, -0.15) is 0 Å². The van der Waals surface area contributed by atoms with E-state index in [4.69, 9.17) is 16.3 Å². The molecule has 1 aromatic heterocycles. The van der Waals surface area contributed by atoms with Crippen LogP contribution >= 0.6 is 11.6 Å². The van der Waals surface area contributed by atoms with Crippen molar-refractivity contribution in [3.63, 3.8) is 0 Å². The fraction of sp³-hybridized carbons (Fsp3) is 0.529. The third-order valence-corrected chi connectivity index (χ3v) is 4.97. The van der Waals surface area contributed by atoms with Crippen molar-refractivity contribution in [1.29, 1.82) is 0 Å². The van der Waals surface area contributed by atoms with Gasteiger partial charge in [-0.1, -0.05) is 11.6 Å². The summed E-state index contributed by atoms with van der Waals surface area (Å²) in [6.45, 7) is 2.26. The topological polar surface area (TPSA) is 76.4 Å². The molecule has 1 unspecified atom stereocenters. The van der Waals surface area contributed by atoms with E-state index >= 15 is 0 Å². The average molecular weight is 352 g/mol. The van der Waals surface area contributed by atoms with Crippen LogP contribution in [0.15, 0.2) is 18.2 Å². The molecule has 24 heavy (non-hydrogen) atoms. The highest BCUT2D eigenvalue weighted by Crippen LogP contribution is 2.24. The smallest absolute Gasteiger partial charge is 0.308 e. The summed E-state index contributed by atoms with van der Waals surface area (Å²) in [4.78, 5) is 16.2. The fourth-order valence-electron chi connectivity index (χ4n) is 3.28. The van der Waals surface area contributed by atoms with Crippen molar-refractivity contribution in [2.45, 2.75) is 19.4 Å². The van der Waals surface area contributed by atoms with Crippen LogP contribution in [0.5, 0.6) is 0 Å². The van der Waals surface area contributed by atoms with E-state index in [-0.39, 0.29) is 5.92 Å². The van der Waals surface area contributed by atoms with E-state index in [1.54, 1.807) is 0 Å². The van der Waals surface area contributed by atoms with Crippen LogP contribution in [0, 0.1) is 11.8 Å². The van der Waals surface area contributed by atoms with E-state index in [0.29, 0.717) is 31.3 Å². The number of imidazole rings is 1. The SMILES string of the molecule is Cn1c(CNCC(C(=O)O)C2CCOCC2)nc2ccc(Cl)cc21. The number of hydrogen-bond donors (Lipinski definition) is 2. The third kappa shape index (κ3) is 3.71. The predicted molar refractivity (Wildman–Crippen MR) is 92.1 cm³/mol. The molecule has 2 heterocycles. The van der Waals surface area contributed by atoms with Gasteiger partial charge in [-0.3, -0.25) is 4.79 Å². The van der Waals surface area contributed by atoms with Gasteiger partial charge < -0.3 is 19.7 Å². The van der Waals surface area contributed by atoms with Crippen LogP contribution in [0.2, 0.25) is 5.02 Å².